The Morgan fingerprint density at radius 1 is 1.13 bits per heavy atom. The molecule has 3 rings (SSSR count). The van der Waals surface area contributed by atoms with Crippen molar-refractivity contribution in [1.29, 1.82) is 0 Å². The SMILES string of the molecule is CC(NC(=S)Nc1ccc(NC(=O)c2cscn2)cc1)c1ccc(Cl)c(C(F)(F)F)c1. The summed E-state index contributed by atoms with van der Waals surface area (Å²) in [6, 6.07) is 10.0. The molecule has 2 aromatic carbocycles. The van der Waals surface area contributed by atoms with Gasteiger partial charge in [0.1, 0.15) is 5.69 Å². The first kappa shape index (κ1) is 23.0. The summed E-state index contributed by atoms with van der Waals surface area (Å²) in [5, 5.41) is 10.1. The lowest BCUT2D eigenvalue weighted by molar-refractivity contribution is -0.137. The van der Waals surface area contributed by atoms with Crippen molar-refractivity contribution in [3.63, 3.8) is 0 Å². The third kappa shape index (κ3) is 6.16. The summed E-state index contributed by atoms with van der Waals surface area (Å²) in [6.07, 6.45) is -4.54. The maximum absolute atomic E-state index is 13.1. The number of thiazole rings is 1. The van der Waals surface area contributed by atoms with Crippen LogP contribution in [0.5, 0.6) is 0 Å². The van der Waals surface area contributed by atoms with Crippen LogP contribution in [-0.2, 0) is 6.18 Å². The minimum absolute atomic E-state index is 0.232. The van der Waals surface area contributed by atoms with Gasteiger partial charge in [0.25, 0.3) is 5.91 Å². The Bertz CT molecular complexity index is 1070. The Kier molecular flexibility index (Phi) is 7.14. The molecule has 0 aliphatic heterocycles. The molecule has 1 aromatic heterocycles. The largest absolute Gasteiger partial charge is 0.417 e. The van der Waals surface area contributed by atoms with Gasteiger partial charge in [-0.25, -0.2) is 4.98 Å². The molecule has 5 nitrogen and oxygen atoms in total. The van der Waals surface area contributed by atoms with E-state index in [1.165, 1.54) is 23.5 Å². The average Bonchev–Trinajstić information content (AvgIpc) is 3.24. The standard InChI is InChI=1S/C20H16ClF3N4OS2/c1-11(12-2-7-16(21)15(8-12)20(22,23)24)26-19(30)28-14-5-3-13(4-6-14)27-18(29)17-9-31-10-25-17/h2-11H,1H3,(H,27,29)(H2,26,28,30). The predicted octanol–water partition coefficient (Wildman–Crippen LogP) is 6.12. The van der Waals surface area contributed by atoms with Crippen LogP contribution < -0.4 is 16.0 Å². The number of halogens is 4. The van der Waals surface area contributed by atoms with E-state index in [4.69, 9.17) is 23.8 Å². The minimum Gasteiger partial charge on any atom is -0.356 e. The van der Waals surface area contributed by atoms with Crippen LogP contribution in [-0.4, -0.2) is 16.0 Å². The fraction of sp³-hybridized carbons (Fsp3) is 0.150. The second kappa shape index (κ2) is 9.63. The van der Waals surface area contributed by atoms with E-state index in [-0.39, 0.29) is 16.0 Å². The lowest BCUT2D eigenvalue weighted by Gasteiger charge is -2.19. The number of nitrogens with zero attached hydrogens (tertiary/aromatic N) is 1. The monoisotopic (exact) mass is 484 g/mol. The summed E-state index contributed by atoms with van der Waals surface area (Å²) in [4.78, 5) is 16.0. The zero-order valence-corrected chi connectivity index (χ0v) is 18.3. The molecule has 1 atom stereocenters. The molecule has 3 aromatic rings. The first-order valence-electron chi connectivity index (χ1n) is 8.87. The molecule has 11 heteroatoms. The molecule has 1 amide bonds. The van der Waals surface area contributed by atoms with Crippen LogP contribution in [0.4, 0.5) is 24.5 Å². The Morgan fingerprint density at radius 3 is 2.35 bits per heavy atom. The van der Waals surface area contributed by atoms with Gasteiger partial charge >= 0.3 is 6.18 Å². The number of thiocarbonyl (C=S) groups is 1. The summed E-state index contributed by atoms with van der Waals surface area (Å²) >= 11 is 12.2. The molecule has 0 aliphatic rings. The van der Waals surface area contributed by atoms with E-state index in [1.54, 1.807) is 42.1 Å². The predicted molar refractivity (Wildman–Crippen MR) is 121 cm³/mol. The van der Waals surface area contributed by atoms with Crippen molar-refractivity contribution in [2.75, 3.05) is 10.6 Å². The normalized spacial score (nSPS) is 12.2. The van der Waals surface area contributed by atoms with Gasteiger partial charge in [-0.1, -0.05) is 17.7 Å². The summed E-state index contributed by atoms with van der Waals surface area (Å²) < 4.78 is 39.2. The van der Waals surface area contributed by atoms with Crippen molar-refractivity contribution in [3.8, 4) is 0 Å². The van der Waals surface area contributed by atoms with Crippen molar-refractivity contribution in [2.45, 2.75) is 19.1 Å². The maximum Gasteiger partial charge on any atom is 0.417 e. The highest BCUT2D eigenvalue weighted by Gasteiger charge is 2.33. The first-order valence-corrected chi connectivity index (χ1v) is 10.6. The summed E-state index contributed by atoms with van der Waals surface area (Å²) in [6.45, 7) is 1.69. The third-order valence-electron chi connectivity index (χ3n) is 4.21. The summed E-state index contributed by atoms with van der Waals surface area (Å²) in [7, 11) is 0. The zero-order chi connectivity index (χ0) is 22.6. The third-order valence-corrected chi connectivity index (χ3v) is 5.34. The number of aromatic nitrogens is 1. The van der Waals surface area contributed by atoms with Crippen molar-refractivity contribution in [2.24, 2.45) is 0 Å². The van der Waals surface area contributed by atoms with Gasteiger partial charge in [-0.05, 0) is 61.1 Å². The van der Waals surface area contributed by atoms with E-state index in [9.17, 15) is 18.0 Å². The molecule has 1 heterocycles. The number of amides is 1. The van der Waals surface area contributed by atoms with Gasteiger partial charge in [0.15, 0.2) is 5.11 Å². The second-order valence-corrected chi connectivity index (χ2v) is 8.00. The first-order chi connectivity index (χ1) is 14.6. The molecule has 31 heavy (non-hydrogen) atoms. The Morgan fingerprint density at radius 2 is 1.77 bits per heavy atom. The number of carbonyl (C=O) groups excluding carboxylic acids is 1. The van der Waals surface area contributed by atoms with Crippen molar-refractivity contribution >= 4 is 57.5 Å². The molecule has 0 aliphatic carbocycles. The number of anilines is 2. The molecule has 1 unspecified atom stereocenters. The Hall–Kier alpha value is -2.69. The molecule has 162 valence electrons. The highest BCUT2D eigenvalue weighted by Crippen LogP contribution is 2.36. The van der Waals surface area contributed by atoms with Crippen molar-refractivity contribution < 1.29 is 18.0 Å². The fourth-order valence-electron chi connectivity index (χ4n) is 2.63. The quantitative estimate of drug-likeness (QED) is 0.381. The van der Waals surface area contributed by atoms with Crippen molar-refractivity contribution in [1.82, 2.24) is 10.3 Å². The number of benzene rings is 2. The lowest BCUT2D eigenvalue weighted by Crippen LogP contribution is -2.31. The number of nitrogens with one attached hydrogen (secondary N) is 3. The lowest BCUT2D eigenvalue weighted by atomic mass is 10.0. The van der Waals surface area contributed by atoms with E-state index in [1.807, 2.05) is 0 Å². The topological polar surface area (TPSA) is 66.0 Å². The second-order valence-electron chi connectivity index (χ2n) is 6.46. The van der Waals surface area contributed by atoms with Gasteiger partial charge in [0.05, 0.1) is 22.1 Å². The van der Waals surface area contributed by atoms with Crippen molar-refractivity contribution in [3.05, 3.63) is 75.2 Å². The molecular formula is C20H16ClF3N4OS2. The number of carbonyl (C=O) groups is 1. The number of rotatable bonds is 5. The number of alkyl halides is 3. The number of hydrogen-bond acceptors (Lipinski definition) is 4. The molecule has 0 bridgehead atoms. The van der Waals surface area contributed by atoms with E-state index in [2.05, 4.69) is 20.9 Å². The molecular weight excluding hydrogens is 469 g/mol. The Balaban J connectivity index is 1.58. The molecule has 0 spiro atoms. The van der Waals surface area contributed by atoms with E-state index in [0.717, 1.165) is 6.07 Å². The molecule has 0 saturated carbocycles. The molecule has 0 fully saturated rings. The van der Waals surface area contributed by atoms with Crippen LogP contribution in [0.3, 0.4) is 0 Å². The van der Waals surface area contributed by atoms with Gasteiger partial charge in [0, 0.05) is 16.8 Å². The molecule has 0 saturated heterocycles. The van der Waals surface area contributed by atoms with Crippen LogP contribution in [0, 0.1) is 0 Å². The molecule has 3 N–H and O–H groups in total. The maximum atomic E-state index is 13.1. The van der Waals surface area contributed by atoms with Gasteiger partial charge in [-0.15, -0.1) is 11.3 Å². The Labute approximate surface area is 190 Å². The van der Waals surface area contributed by atoms with E-state index >= 15 is 0 Å². The van der Waals surface area contributed by atoms with Gasteiger partial charge in [-0.3, -0.25) is 4.79 Å². The smallest absolute Gasteiger partial charge is 0.356 e. The summed E-state index contributed by atoms with van der Waals surface area (Å²) in [5.41, 5.74) is 2.63. The highest BCUT2D eigenvalue weighted by molar-refractivity contribution is 7.80. The van der Waals surface area contributed by atoms with Crippen LogP contribution in [0.2, 0.25) is 5.02 Å². The van der Waals surface area contributed by atoms with E-state index in [0.29, 0.717) is 22.6 Å². The highest BCUT2D eigenvalue weighted by atomic mass is 35.5. The van der Waals surface area contributed by atoms with Gasteiger partial charge in [-0.2, -0.15) is 13.2 Å². The molecule has 0 radical (unpaired) electrons. The van der Waals surface area contributed by atoms with Gasteiger partial charge < -0.3 is 16.0 Å². The van der Waals surface area contributed by atoms with E-state index < -0.39 is 17.8 Å². The summed E-state index contributed by atoms with van der Waals surface area (Å²) in [5.74, 6) is -0.311. The van der Waals surface area contributed by atoms with Crippen LogP contribution >= 0.6 is 35.2 Å². The minimum atomic E-state index is -4.54. The average molecular weight is 485 g/mol. The van der Waals surface area contributed by atoms with Crippen LogP contribution in [0.1, 0.15) is 34.6 Å². The van der Waals surface area contributed by atoms with Crippen LogP contribution in [0.15, 0.2) is 53.4 Å². The zero-order valence-electron chi connectivity index (χ0n) is 16.0. The van der Waals surface area contributed by atoms with Crippen LogP contribution in [0.25, 0.3) is 0 Å². The number of hydrogen-bond donors (Lipinski definition) is 3. The fourth-order valence-corrected chi connectivity index (χ4v) is 3.68. The van der Waals surface area contributed by atoms with Gasteiger partial charge in [0.2, 0.25) is 0 Å².